The molecule has 0 aliphatic rings. The molecule has 4 heteroatoms. The fourth-order valence-corrected chi connectivity index (χ4v) is 0.850. The number of hydrogen-bond donors (Lipinski definition) is 0. The van der Waals surface area contributed by atoms with Gasteiger partial charge in [0.05, 0.1) is 11.7 Å². The number of fused-ring (bicyclic) bond motifs is 1. The molecule has 11 heavy (non-hydrogen) atoms. The van der Waals surface area contributed by atoms with E-state index in [4.69, 9.17) is 0 Å². The maximum Gasteiger partial charge on any atom is 0.0963 e. The van der Waals surface area contributed by atoms with Crippen LogP contribution < -0.4 is 0 Å². The standard InChI is InChI=1S/C7H5N3.Bi/c1-2-4-7-6(3-1)5-8-10-9-7;/h1-5H;. The van der Waals surface area contributed by atoms with Gasteiger partial charge in [-0.3, -0.25) is 0 Å². The third kappa shape index (κ3) is 1.69. The van der Waals surface area contributed by atoms with E-state index in [1.54, 1.807) is 6.20 Å². The van der Waals surface area contributed by atoms with Gasteiger partial charge in [-0.05, 0) is 11.3 Å². The van der Waals surface area contributed by atoms with Crippen LogP contribution in [0.1, 0.15) is 0 Å². The van der Waals surface area contributed by atoms with Gasteiger partial charge in [-0.1, -0.05) is 18.2 Å². The first-order valence-corrected chi connectivity index (χ1v) is 3.00. The van der Waals surface area contributed by atoms with E-state index in [9.17, 15) is 0 Å². The van der Waals surface area contributed by atoms with Gasteiger partial charge in [0.1, 0.15) is 0 Å². The Morgan fingerprint density at radius 2 is 1.91 bits per heavy atom. The quantitative estimate of drug-likeness (QED) is 0.661. The molecule has 0 atom stereocenters. The van der Waals surface area contributed by atoms with Gasteiger partial charge < -0.3 is 0 Å². The summed E-state index contributed by atoms with van der Waals surface area (Å²) in [6, 6.07) is 7.74. The van der Waals surface area contributed by atoms with Gasteiger partial charge in [0, 0.05) is 31.6 Å². The van der Waals surface area contributed by atoms with Crippen molar-refractivity contribution in [3.8, 4) is 0 Å². The zero-order valence-electron chi connectivity index (χ0n) is 5.68. The molecule has 2 aromatic rings. The molecule has 1 aromatic heterocycles. The van der Waals surface area contributed by atoms with E-state index < -0.39 is 0 Å². The van der Waals surface area contributed by atoms with Crippen molar-refractivity contribution >= 4 is 37.1 Å². The van der Waals surface area contributed by atoms with Crippen LogP contribution in [0.4, 0.5) is 0 Å². The average molecular weight is 340 g/mol. The third-order valence-electron chi connectivity index (χ3n) is 1.34. The van der Waals surface area contributed by atoms with E-state index in [1.807, 2.05) is 24.3 Å². The first-order valence-electron chi connectivity index (χ1n) is 3.00. The van der Waals surface area contributed by atoms with E-state index >= 15 is 0 Å². The smallest absolute Gasteiger partial charge is 0.0963 e. The summed E-state index contributed by atoms with van der Waals surface area (Å²) >= 11 is 0. The summed E-state index contributed by atoms with van der Waals surface area (Å²) in [5.74, 6) is 0. The molecule has 0 unspecified atom stereocenters. The van der Waals surface area contributed by atoms with Crippen molar-refractivity contribution in [2.45, 2.75) is 0 Å². The molecule has 3 radical (unpaired) electrons. The minimum Gasteiger partial charge on any atom is -0.138 e. The summed E-state index contributed by atoms with van der Waals surface area (Å²) in [6.07, 6.45) is 1.70. The fourth-order valence-electron chi connectivity index (χ4n) is 0.850. The number of nitrogens with zero attached hydrogens (tertiary/aromatic N) is 3. The molecule has 1 heterocycles. The summed E-state index contributed by atoms with van der Waals surface area (Å²) < 4.78 is 0. The molecular weight excluding hydrogens is 335 g/mol. The van der Waals surface area contributed by atoms with Crippen molar-refractivity contribution < 1.29 is 0 Å². The Hall–Kier alpha value is -0.627. The molecule has 1 aromatic carbocycles. The molecule has 0 N–H and O–H groups in total. The minimum atomic E-state index is 0. The van der Waals surface area contributed by atoms with Gasteiger partial charge in [-0.25, -0.2) is 0 Å². The molecule has 0 bridgehead atoms. The third-order valence-corrected chi connectivity index (χ3v) is 1.34. The van der Waals surface area contributed by atoms with E-state index in [0.717, 1.165) is 10.9 Å². The topological polar surface area (TPSA) is 38.7 Å². The van der Waals surface area contributed by atoms with Gasteiger partial charge in [0.15, 0.2) is 0 Å². The molecule has 0 fully saturated rings. The SMILES string of the molecule is [Bi].c1ccc2nnncc2c1. The predicted molar refractivity (Wildman–Crippen MR) is 43.1 cm³/mol. The Labute approximate surface area is 83.0 Å². The van der Waals surface area contributed by atoms with E-state index in [-0.39, 0.29) is 26.2 Å². The maximum absolute atomic E-state index is 3.82. The Morgan fingerprint density at radius 1 is 1.09 bits per heavy atom. The van der Waals surface area contributed by atoms with Crippen LogP contribution in [0, 0.1) is 0 Å². The summed E-state index contributed by atoms with van der Waals surface area (Å²) in [6.45, 7) is 0. The molecule has 0 saturated carbocycles. The Kier molecular flexibility index (Phi) is 2.83. The van der Waals surface area contributed by atoms with Crippen LogP contribution in [0.25, 0.3) is 10.9 Å². The Bertz CT molecular complexity index is 285. The van der Waals surface area contributed by atoms with Gasteiger partial charge >= 0.3 is 0 Å². The van der Waals surface area contributed by atoms with Crippen molar-refractivity contribution in [3.05, 3.63) is 30.5 Å². The van der Waals surface area contributed by atoms with Crippen LogP contribution >= 0.6 is 0 Å². The van der Waals surface area contributed by atoms with Crippen molar-refractivity contribution in [3.63, 3.8) is 0 Å². The molecule has 3 nitrogen and oxygen atoms in total. The first kappa shape index (κ1) is 8.47. The van der Waals surface area contributed by atoms with Gasteiger partial charge in [-0.15, -0.1) is 10.2 Å². The Balaban J connectivity index is 0.000000605. The van der Waals surface area contributed by atoms with Crippen molar-refractivity contribution in [2.75, 3.05) is 0 Å². The summed E-state index contributed by atoms with van der Waals surface area (Å²) in [7, 11) is 0. The zero-order chi connectivity index (χ0) is 6.81. The summed E-state index contributed by atoms with van der Waals surface area (Å²) in [5, 5.41) is 12.0. The van der Waals surface area contributed by atoms with Crippen LogP contribution in [-0.2, 0) is 0 Å². The van der Waals surface area contributed by atoms with E-state index in [1.165, 1.54) is 0 Å². The molecule has 0 amide bonds. The van der Waals surface area contributed by atoms with Gasteiger partial charge in [0.2, 0.25) is 0 Å². The van der Waals surface area contributed by atoms with E-state index in [0.29, 0.717) is 0 Å². The monoisotopic (exact) mass is 340 g/mol. The molecule has 0 saturated heterocycles. The van der Waals surface area contributed by atoms with E-state index in [2.05, 4.69) is 15.4 Å². The number of aromatic nitrogens is 3. The molecule has 0 aliphatic carbocycles. The zero-order valence-corrected chi connectivity index (χ0v) is 9.15. The van der Waals surface area contributed by atoms with Crippen molar-refractivity contribution in [1.82, 2.24) is 15.4 Å². The van der Waals surface area contributed by atoms with Crippen LogP contribution in [0.3, 0.4) is 0 Å². The second-order valence-corrected chi connectivity index (χ2v) is 1.99. The molecule has 53 valence electrons. The van der Waals surface area contributed by atoms with Crippen LogP contribution in [-0.4, -0.2) is 41.6 Å². The fraction of sp³-hybridized carbons (Fsp3) is 0. The van der Waals surface area contributed by atoms with Gasteiger partial charge in [-0.2, -0.15) is 0 Å². The minimum absolute atomic E-state index is 0. The normalized spacial score (nSPS) is 9.09. The molecule has 2 rings (SSSR count). The van der Waals surface area contributed by atoms with Crippen LogP contribution in [0.2, 0.25) is 0 Å². The van der Waals surface area contributed by atoms with Crippen LogP contribution in [0.5, 0.6) is 0 Å². The number of hydrogen-bond acceptors (Lipinski definition) is 3. The predicted octanol–water partition coefficient (Wildman–Crippen LogP) is 0.644. The number of benzene rings is 1. The average Bonchev–Trinajstić information content (AvgIpc) is 2.05. The molecule has 0 aliphatic heterocycles. The molecule has 0 spiro atoms. The summed E-state index contributed by atoms with van der Waals surface area (Å²) in [5.41, 5.74) is 0.887. The largest absolute Gasteiger partial charge is 0.138 e. The second kappa shape index (κ2) is 3.67. The molecular formula is C7H5BiN3. The van der Waals surface area contributed by atoms with Crippen molar-refractivity contribution in [2.24, 2.45) is 0 Å². The first-order chi connectivity index (χ1) is 4.97. The Morgan fingerprint density at radius 3 is 2.73 bits per heavy atom. The van der Waals surface area contributed by atoms with Crippen molar-refractivity contribution in [1.29, 1.82) is 0 Å². The summed E-state index contributed by atoms with van der Waals surface area (Å²) in [4.78, 5) is 0. The number of rotatable bonds is 0. The maximum atomic E-state index is 3.82. The van der Waals surface area contributed by atoms with Crippen LogP contribution in [0.15, 0.2) is 30.5 Å². The second-order valence-electron chi connectivity index (χ2n) is 1.99. The van der Waals surface area contributed by atoms with Gasteiger partial charge in [0.25, 0.3) is 0 Å².